The van der Waals surface area contributed by atoms with Crippen LogP contribution in [-0.4, -0.2) is 53.6 Å². The molecule has 1 heterocycles. The molecule has 2 aromatic rings. The van der Waals surface area contributed by atoms with Crippen LogP contribution in [0.4, 0.5) is 0 Å². The van der Waals surface area contributed by atoms with Gasteiger partial charge in [0.1, 0.15) is 12.4 Å². The van der Waals surface area contributed by atoms with Gasteiger partial charge in [0.25, 0.3) is 5.91 Å². The average molecular weight is 408 g/mol. The van der Waals surface area contributed by atoms with Crippen molar-refractivity contribution in [2.24, 2.45) is 0 Å². The van der Waals surface area contributed by atoms with E-state index in [2.05, 4.69) is 25.9 Å². The van der Waals surface area contributed by atoms with Gasteiger partial charge in [-0.05, 0) is 31.2 Å². The number of rotatable bonds is 7. The molecule has 25 heavy (non-hydrogen) atoms. The number of amides is 1. The zero-order chi connectivity index (χ0) is 18.2. The number of halogens is 1. The number of aryl methyl sites for hydroxylation is 1. The molecule has 1 aromatic carbocycles. The second-order valence-electron chi connectivity index (χ2n) is 5.24. The van der Waals surface area contributed by atoms with Crippen molar-refractivity contribution in [3.63, 3.8) is 0 Å². The van der Waals surface area contributed by atoms with Gasteiger partial charge in [0.15, 0.2) is 12.3 Å². The largest absolute Gasteiger partial charge is 0.492 e. The van der Waals surface area contributed by atoms with Gasteiger partial charge >= 0.3 is 5.97 Å². The molecule has 1 aromatic heterocycles. The maximum Gasteiger partial charge on any atom is 0.359 e. The second kappa shape index (κ2) is 9.12. The first kappa shape index (κ1) is 18.9. The van der Waals surface area contributed by atoms with E-state index in [0.717, 1.165) is 4.47 Å². The zero-order valence-corrected chi connectivity index (χ0v) is 15.5. The predicted octanol–water partition coefficient (Wildman–Crippen LogP) is 2.24. The lowest BCUT2D eigenvalue weighted by Gasteiger charge is -2.17. The highest BCUT2D eigenvalue weighted by Crippen LogP contribution is 2.15. The van der Waals surface area contributed by atoms with Crippen LogP contribution in [0.25, 0.3) is 0 Å². The van der Waals surface area contributed by atoms with Gasteiger partial charge in [0.05, 0.1) is 18.4 Å². The van der Waals surface area contributed by atoms with Crippen molar-refractivity contribution >= 4 is 27.8 Å². The van der Waals surface area contributed by atoms with Crippen LogP contribution in [0.5, 0.6) is 5.75 Å². The summed E-state index contributed by atoms with van der Waals surface area (Å²) in [5, 5.41) is 0. The molecule has 0 saturated carbocycles. The van der Waals surface area contributed by atoms with Crippen LogP contribution in [0.2, 0.25) is 0 Å². The lowest BCUT2D eigenvalue weighted by molar-refractivity contribution is -0.133. The van der Waals surface area contributed by atoms with Gasteiger partial charge in [0.2, 0.25) is 0 Å². The van der Waals surface area contributed by atoms with E-state index in [9.17, 15) is 9.59 Å². The van der Waals surface area contributed by atoms with Gasteiger partial charge in [0, 0.05) is 17.7 Å². The molecule has 0 fully saturated rings. The van der Waals surface area contributed by atoms with Crippen molar-refractivity contribution in [3.8, 4) is 5.75 Å². The summed E-state index contributed by atoms with van der Waals surface area (Å²) in [6.07, 6.45) is 2.78. The van der Waals surface area contributed by atoms with Gasteiger partial charge in [-0.2, -0.15) is 0 Å². The van der Waals surface area contributed by atoms with Crippen molar-refractivity contribution in [3.05, 3.63) is 52.5 Å². The minimum Gasteiger partial charge on any atom is -0.492 e. The van der Waals surface area contributed by atoms with E-state index in [1.165, 1.54) is 17.3 Å². The first-order valence-corrected chi connectivity index (χ1v) is 8.33. The summed E-state index contributed by atoms with van der Waals surface area (Å²) in [6.45, 7) is 2.11. The highest BCUT2D eigenvalue weighted by atomic mass is 79.9. The zero-order valence-electron chi connectivity index (χ0n) is 13.9. The Hall–Kier alpha value is -2.48. The van der Waals surface area contributed by atoms with Gasteiger partial charge in [-0.3, -0.25) is 9.78 Å². The molecular formula is C17H18BrN3O4. The summed E-state index contributed by atoms with van der Waals surface area (Å²) in [7, 11) is 1.62. The van der Waals surface area contributed by atoms with Crippen LogP contribution >= 0.6 is 15.9 Å². The van der Waals surface area contributed by atoms with Crippen LogP contribution in [0.15, 0.2) is 41.1 Å². The molecule has 2 rings (SSSR count). The highest BCUT2D eigenvalue weighted by molar-refractivity contribution is 9.10. The molecule has 0 aliphatic carbocycles. The fraction of sp³-hybridized carbons (Fsp3) is 0.294. The predicted molar refractivity (Wildman–Crippen MR) is 94.3 cm³/mol. The number of nitrogens with zero attached hydrogens (tertiary/aromatic N) is 3. The van der Waals surface area contributed by atoms with Crippen LogP contribution < -0.4 is 4.74 Å². The summed E-state index contributed by atoms with van der Waals surface area (Å²) in [5.41, 5.74) is 0.762. The smallest absolute Gasteiger partial charge is 0.359 e. The maximum absolute atomic E-state index is 12.0. The lowest BCUT2D eigenvalue weighted by atomic mass is 10.3. The third kappa shape index (κ3) is 6.15. The van der Waals surface area contributed by atoms with E-state index < -0.39 is 5.97 Å². The minimum atomic E-state index is -0.680. The van der Waals surface area contributed by atoms with Crippen molar-refractivity contribution in [2.75, 3.05) is 26.8 Å². The first-order valence-electron chi connectivity index (χ1n) is 7.54. The number of hydrogen-bond donors (Lipinski definition) is 0. The van der Waals surface area contributed by atoms with Gasteiger partial charge in [-0.25, -0.2) is 9.78 Å². The van der Waals surface area contributed by atoms with Crippen molar-refractivity contribution in [1.82, 2.24) is 14.9 Å². The number of carbonyl (C=O) groups excluding carboxylic acids is 2. The SMILES string of the molecule is Cc1cnc(C(=O)OCC(=O)N(C)CCOc2ccc(Br)cc2)cn1. The van der Waals surface area contributed by atoms with E-state index in [0.29, 0.717) is 24.6 Å². The molecule has 7 nitrogen and oxygen atoms in total. The Kier molecular flexibility index (Phi) is 6.88. The number of aromatic nitrogens is 2. The number of hydrogen-bond acceptors (Lipinski definition) is 6. The van der Waals surface area contributed by atoms with E-state index in [4.69, 9.17) is 9.47 Å². The molecule has 0 bridgehead atoms. The quantitative estimate of drug-likeness (QED) is 0.654. The number of ether oxygens (including phenoxy) is 2. The lowest BCUT2D eigenvalue weighted by Crippen LogP contribution is -2.34. The summed E-state index contributed by atoms with van der Waals surface area (Å²) < 4.78 is 11.5. The third-order valence-corrected chi connectivity index (χ3v) is 3.78. The molecule has 1 amide bonds. The minimum absolute atomic E-state index is 0.0691. The molecule has 0 radical (unpaired) electrons. The Bertz CT molecular complexity index is 720. The first-order chi connectivity index (χ1) is 12.0. The monoisotopic (exact) mass is 407 g/mol. The summed E-state index contributed by atoms with van der Waals surface area (Å²) >= 11 is 3.35. The van der Waals surface area contributed by atoms with Crippen molar-refractivity contribution in [1.29, 1.82) is 0 Å². The molecule has 0 unspecified atom stereocenters. The van der Waals surface area contributed by atoms with Crippen molar-refractivity contribution in [2.45, 2.75) is 6.92 Å². The number of benzene rings is 1. The molecule has 0 spiro atoms. The number of esters is 1. The molecule has 8 heteroatoms. The highest BCUT2D eigenvalue weighted by Gasteiger charge is 2.14. The van der Waals surface area contributed by atoms with Gasteiger partial charge in [-0.1, -0.05) is 15.9 Å². The third-order valence-electron chi connectivity index (χ3n) is 3.25. The topological polar surface area (TPSA) is 81.6 Å². The molecular weight excluding hydrogens is 390 g/mol. The van der Waals surface area contributed by atoms with Crippen LogP contribution in [0.1, 0.15) is 16.2 Å². The Morgan fingerprint density at radius 3 is 2.52 bits per heavy atom. The van der Waals surface area contributed by atoms with Crippen LogP contribution in [0, 0.1) is 6.92 Å². The fourth-order valence-corrected chi connectivity index (χ4v) is 2.03. The average Bonchev–Trinajstić information content (AvgIpc) is 2.61. The van der Waals surface area contributed by atoms with E-state index in [1.807, 2.05) is 24.3 Å². The standard InChI is InChI=1S/C17H18BrN3O4/c1-12-9-20-15(10-19-12)17(23)25-11-16(22)21(2)7-8-24-14-5-3-13(18)4-6-14/h3-6,9-10H,7-8,11H2,1-2H3. The normalized spacial score (nSPS) is 10.2. The van der Waals surface area contributed by atoms with Crippen LogP contribution in [-0.2, 0) is 9.53 Å². The number of carbonyl (C=O) groups is 2. The molecule has 0 aliphatic rings. The summed E-state index contributed by atoms with van der Waals surface area (Å²) in [5.74, 6) is -0.290. The van der Waals surface area contributed by atoms with E-state index >= 15 is 0 Å². The van der Waals surface area contributed by atoms with Gasteiger partial charge < -0.3 is 14.4 Å². The molecule has 0 atom stereocenters. The maximum atomic E-state index is 12.0. The van der Waals surface area contributed by atoms with E-state index in [1.54, 1.807) is 14.0 Å². The van der Waals surface area contributed by atoms with Crippen LogP contribution in [0.3, 0.4) is 0 Å². The Labute approximate surface area is 154 Å². The second-order valence-corrected chi connectivity index (χ2v) is 6.15. The molecule has 132 valence electrons. The Morgan fingerprint density at radius 2 is 1.88 bits per heavy atom. The van der Waals surface area contributed by atoms with Gasteiger partial charge in [-0.15, -0.1) is 0 Å². The summed E-state index contributed by atoms with van der Waals surface area (Å²) in [6, 6.07) is 7.40. The molecule has 0 saturated heterocycles. The number of likely N-dealkylation sites (N-methyl/N-ethyl adjacent to an activating group) is 1. The Balaban J connectivity index is 1.71. The van der Waals surface area contributed by atoms with E-state index in [-0.39, 0.29) is 18.2 Å². The summed E-state index contributed by atoms with van der Waals surface area (Å²) in [4.78, 5) is 33.1. The molecule has 0 N–H and O–H groups in total. The molecule has 0 aliphatic heterocycles. The van der Waals surface area contributed by atoms with Crippen molar-refractivity contribution < 1.29 is 19.1 Å². The Morgan fingerprint density at radius 1 is 1.16 bits per heavy atom. The fourth-order valence-electron chi connectivity index (χ4n) is 1.77.